The minimum Gasteiger partial charge on any atom is -0.507 e. The summed E-state index contributed by atoms with van der Waals surface area (Å²) in [6.07, 6.45) is 0.917. The van der Waals surface area contributed by atoms with E-state index in [9.17, 15) is 19.6 Å². The average Bonchev–Trinajstić information content (AvgIpc) is 3.11. The van der Waals surface area contributed by atoms with Gasteiger partial charge in [-0.05, 0) is 60.0 Å². The Morgan fingerprint density at radius 2 is 1.84 bits per heavy atom. The molecule has 4 N–H and O–H groups in total. The van der Waals surface area contributed by atoms with Gasteiger partial charge in [-0.15, -0.1) is 0 Å². The highest BCUT2D eigenvalue weighted by Gasteiger charge is 2.17. The second-order valence-electron chi connectivity index (χ2n) is 7.28. The van der Waals surface area contributed by atoms with Gasteiger partial charge in [0, 0.05) is 6.54 Å². The third kappa shape index (κ3) is 4.09. The number of nitrogen functional groups attached to an aromatic ring is 1. The highest BCUT2D eigenvalue weighted by molar-refractivity contribution is 6.01. The lowest BCUT2D eigenvalue weighted by atomic mass is 10.1. The van der Waals surface area contributed by atoms with Crippen molar-refractivity contribution in [1.29, 1.82) is 5.26 Å². The standard InChI is InChI=1S/C24H20FN5O2/c25-17-7-9-18(10-8-17)30-23(27)20(14-26)21(29-30)6-3-11-28-24(32)19-12-15-4-1-2-5-16(15)13-22(19)31/h1-2,4-5,7-10,12-13,31H,3,6,11,27H2,(H,28,32). The van der Waals surface area contributed by atoms with Crippen molar-refractivity contribution in [2.24, 2.45) is 0 Å². The summed E-state index contributed by atoms with van der Waals surface area (Å²) in [6.45, 7) is 0.319. The van der Waals surface area contributed by atoms with Crippen LogP contribution in [0, 0.1) is 17.1 Å². The van der Waals surface area contributed by atoms with Crippen LogP contribution in [0.15, 0.2) is 60.7 Å². The Bertz CT molecular complexity index is 1340. The SMILES string of the molecule is N#Cc1c(CCCNC(=O)c2cc3ccccc3cc2O)nn(-c2ccc(F)cc2)c1N. The van der Waals surface area contributed by atoms with Crippen LogP contribution in [0.4, 0.5) is 10.2 Å². The van der Waals surface area contributed by atoms with Crippen LogP contribution in [0.2, 0.25) is 0 Å². The molecule has 1 heterocycles. The van der Waals surface area contributed by atoms with Crippen molar-refractivity contribution >= 4 is 22.5 Å². The number of phenolic OH excluding ortho intramolecular Hbond substituents is 1. The zero-order valence-electron chi connectivity index (χ0n) is 17.0. The van der Waals surface area contributed by atoms with Crippen molar-refractivity contribution < 1.29 is 14.3 Å². The molecule has 0 aliphatic heterocycles. The lowest BCUT2D eigenvalue weighted by Gasteiger charge is -2.08. The summed E-state index contributed by atoms with van der Waals surface area (Å²) in [5.41, 5.74) is 7.56. The number of nitrogens with one attached hydrogen (secondary N) is 1. The van der Waals surface area contributed by atoms with E-state index in [1.165, 1.54) is 28.9 Å². The van der Waals surface area contributed by atoms with Gasteiger partial charge >= 0.3 is 0 Å². The lowest BCUT2D eigenvalue weighted by Crippen LogP contribution is -2.25. The Kier molecular flexibility index (Phi) is 5.73. The van der Waals surface area contributed by atoms with E-state index in [2.05, 4.69) is 16.5 Å². The average molecular weight is 429 g/mol. The van der Waals surface area contributed by atoms with Gasteiger partial charge in [0.15, 0.2) is 0 Å². The third-order valence-electron chi connectivity index (χ3n) is 5.16. The summed E-state index contributed by atoms with van der Waals surface area (Å²) < 4.78 is 14.6. The van der Waals surface area contributed by atoms with E-state index < -0.39 is 0 Å². The van der Waals surface area contributed by atoms with E-state index in [4.69, 9.17) is 5.73 Å². The first-order chi connectivity index (χ1) is 15.5. The maximum atomic E-state index is 13.2. The zero-order valence-corrected chi connectivity index (χ0v) is 17.0. The number of carbonyl (C=O) groups excluding carboxylic acids is 1. The van der Waals surface area contributed by atoms with Crippen LogP contribution in [-0.4, -0.2) is 27.3 Å². The van der Waals surface area contributed by atoms with Crippen molar-refractivity contribution in [2.45, 2.75) is 12.8 Å². The molecule has 0 aliphatic rings. The fourth-order valence-electron chi connectivity index (χ4n) is 3.52. The topological polar surface area (TPSA) is 117 Å². The lowest BCUT2D eigenvalue weighted by molar-refractivity contribution is 0.0950. The van der Waals surface area contributed by atoms with Crippen LogP contribution in [0.3, 0.4) is 0 Å². The minimum atomic E-state index is -0.384. The number of aromatic nitrogens is 2. The van der Waals surface area contributed by atoms with E-state index in [1.54, 1.807) is 12.1 Å². The van der Waals surface area contributed by atoms with Gasteiger partial charge in [0.05, 0.1) is 16.9 Å². The Morgan fingerprint density at radius 3 is 2.53 bits per heavy atom. The first-order valence-electron chi connectivity index (χ1n) is 10.0. The largest absolute Gasteiger partial charge is 0.507 e. The number of nitrogens with two attached hydrogens (primary N) is 1. The Balaban J connectivity index is 1.42. The molecular weight excluding hydrogens is 409 g/mol. The van der Waals surface area contributed by atoms with E-state index in [0.29, 0.717) is 30.8 Å². The zero-order chi connectivity index (χ0) is 22.7. The molecule has 0 atom stereocenters. The molecule has 4 aromatic rings. The van der Waals surface area contributed by atoms with E-state index in [0.717, 1.165) is 10.8 Å². The van der Waals surface area contributed by atoms with E-state index in [-0.39, 0.29) is 34.4 Å². The number of hydrogen-bond donors (Lipinski definition) is 3. The van der Waals surface area contributed by atoms with Crippen LogP contribution in [-0.2, 0) is 6.42 Å². The molecule has 3 aromatic carbocycles. The summed E-state index contributed by atoms with van der Waals surface area (Å²) >= 11 is 0. The van der Waals surface area contributed by atoms with E-state index >= 15 is 0 Å². The predicted molar refractivity (Wildman–Crippen MR) is 119 cm³/mol. The van der Waals surface area contributed by atoms with Gasteiger partial charge in [-0.1, -0.05) is 24.3 Å². The van der Waals surface area contributed by atoms with Crippen LogP contribution in [0.1, 0.15) is 28.0 Å². The number of halogens is 1. The summed E-state index contributed by atoms with van der Waals surface area (Å²) in [5.74, 6) is -0.670. The van der Waals surface area contributed by atoms with E-state index in [1.807, 2.05) is 24.3 Å². The highest BCUT2D eigenvalue weighted by atomic mass is 19.1. The molecule has 0 bridgehead atoms. The number of rotatable bonds is 6. The van der Waals surface area contributed by atoms with Crippen molar-refractivity contribution in [3.8, 4) is 17.5 Å². The number of fused-ring (bicyclic) bond motifs is 1. The van der Waals surface area contributed by atoms with Crippen molar-refractivity contribution in [1.82, 2.24) is 15.1 Å². The number of aromatic hydroxyl groups is 1. The van der Waals surface area contributed by atoms with Gasteiger partial charge in [0.2, 0.25) is 0 Å². The van der Waals surface area contributed by atoms with Gasteiger partial charge in [-0.25, -0.2) is 9.07 Å². The summed E-state index contributed by atoms with van der Waals surface area (Å²) in [6, 6.07) is 18.4. The molecule has 1 aromatic heterocycles. The molecule has 0 aliphatic carbocycles. The molecule has 4 rings (SSSR count). The maximum Gasteiger partial charge on any atom is 0.255 e. The molecule has 1 amide bonds. The number of hydrogen-bond acceptors (Lipinski definition) is 5. The number of nitrogens with zero attached hydrogens (tertiary/aromatic N) is 3. The molecule has 0 unspecified atom stereocenters. The number of anilines is 1. The van der Waals surface area contributed by atoms with Crippen molar-refractivity contribution in [3.63, 3.8) is 0 Å². The fourth-order valence-corrected chi connectivity index (χ4v) is 3.52. The fraction of sp³-hybridized carbons (Fsp3) is 0.125. The van der Waals surface area contributed by atoms with Crippen LogP contribution >= 0.6 is 0 Å². The predicted octanol–water partition coefficient (Wildman–Crippen LogP) is 3.69. The number of benzene rings is 3. The molecule has 0 fully saturated rings. The number of phenols is 1. The smallest absolute Gasteiger partial charge is 0.255 e. The molecule has 160 valence electrons. The van der Waals surface area contributed by atoms with Crippen molar-refractivity contribution in [2.75, 3.05) is 12.3 Å². The Hall–Kier alpha value is -4.38. The Labute approximate surface area is 183 Å². The molecule has 0 radical (unpaired) electrons. The molecule has 7 nitrogen and oxygen atoms in total. The second-order valence-corrected chi connectivity index (χ2v) is 7.28. The number of aryl methyl sites for hydroxylation is 1. The quantitative estimate of drug-likeness (QED) is 0.404. The molecule has 8 heteroatoms. The summed E-state index contributed by atoms with van der Waals surface area (Å²) in [5, 5.41) is 28.6. The monoisotopic (exact) mass is 429 g/mol. The van der Waals surface area contributed by atoms with Crippen LogP contribution in [0.25, 0.3) is 16.5 Å². The molecular formula is C24H20FN5O2. The highest BCUT2D eigenvalue weighted by Crippen LogP contribution is 2.25. The second kappa shape index (κ2) is 8.78. The molecule has 0 saturated heterocycles. The van der Waals surface area contributed by atoms with Gasteiger partial charge in [-0.2, -0.15) is 10.4 Å². The normalized spacial score (nSPS) is 10.8. The molecule has 0 saturated carbocycles. The summed E-state index contributed by atoms with van der Waals surface area (Å²) in [7, 11) is 0. The maximum absolute atomic E-state index is 13.2. The van der Waals surface area contributed by atoms with Crippen molar-refractivity contribution in [3.05, 3.63) is 83.3 Å². The number of amides is 1. The third-order valence-corrected chi connectivity index (χ3v) is 5.16. The number of carbonyl (C=O) groups is 1. The molecule has 0 spiro atoms. The van der Waals surface area contributed by atoms with Gasteiger partial charge in [-0.3, -0.25) is 4.79 Å². The van der Waals surface area contributed by atoms with Crippen LogP contribution in [0.5, 0.6) is 5.75 Å². The van der Waals surface area contributed by atoms with Gasteiger partial charge in [0.25, 0.3) is 5.91 Å². The molecule has 32 heavy (non-hydrogen) atoms. The number of nitriles is 1. The van der Waals surface area contributed by atoms with Crippen LogP contribution < -0.4 is 11.1 Å². The first-order valence-corrected chi connectivity index (χ1v) is 10.0. The van der Waals surface area contributed by atoms with Gasteiger partial charge < -0.3 is 16.2 Å². The summed E-state index contributed by atoms with van der Waals surface area (Å²) in [4.78, 5) is 12.5. The minimum absolute atomic E-state index is 0.0845. The Morgan fingerprint density at radius 1 is 1.16 bits per heavy atom. The van der Waals surface area contributed by atoms with Gasteiger partial charge in [0.1, 0.15) is 29.0 Å². The first kappa shape index (κ1) is 20.9.